The summed E-state index contributed by atoms with van der Waals surface area (Å²) in [7, 11) is 0. The average molecular weight is 345 g/mol. The summed E-state index contributed by atoms with van der Waals surface area (Å²) in [5.41, 5.74) is 1.08. The molecule has 3 rings (SSSR count). The zero-order valence-electron chi connectivity index (χ0n) is 13.0. The lowest BCUT2D eigenvalue weighted by molar-refractivity contribution is -0.142. The topological polar surface area (TPSA) is 57.6 Å². The number of carbonyl (C=O) groups excluding carboxylic acids is 1. The van der Waals surface area contributed by atoms with Crippen molar-refractivity contribution in [1.82, 2.24) is 0 Å². The van der Waals surface area contributed by atoms with Gasteiger partial charge in [0.05, 0.1) is 18.2 Å². The fourth-order valence-electron chi connectivity index (χ4n) is 2.64. The Morgan fingerprint density at radius 2 is 1.92 bits per heavy atom. The number of hydrogen-bond acceptors (Lipinski definition) is 3. The quantitative estimate of drug-likeness (QED) is 0.921. The standard InChI is InChI=1S/C18H16FNO3S/c1-11(18(22)23)16-17(21)20(10-12-6-2-3-7-13(12)19)14-8-4-5-9-15(14)24-16/h2-9,11,16H,10H2,1H3,(H,22,23). The molecule has 0 spiro atoms. The van der Waals surface area contributed by atoms with Crippen LogP contribution in [0.15, 0.2) is 53.4 Å². The molecule has 1 N–H and O–H groups in total. The van der Waals surface area contributed by atoms with Gasteiger partial charge in [-0.25, -0.2) is 4.39 Å². The normalized spacial score (nSPS) is 18.2. The summed E-state index contributed by atoms with van der Waals surface area (Å²) >= 11 is 1.25. The van der Waals surface area contributed by atoms with Crippen molar-refractivity contribution in [2.45, 2.75) is 23.6 Å². The molecule has 2 unspecified atom stereocenters. The third kappa shape index (κ3) is 3.01. The van der Waals surface area contributed by atoms with Gasteiger partial charge < -0.3 is 10.0 Å². The summed E-state index contributed by atoms with van der Waals surface area (Å²) in [5.74, 6) is -2.55. The Labute approximate surface area is 143 Å². The largest absolute Gasteiger partial charge is 0.481 e. The minimum absolute atomic E-state index is 0.0753. The van der Waals surface area contributed by atoms with Crippen LogP contribution in [0.4, 0.5) is 10.1 Å². The predicted molar refractivity (Wildman–Crippen MR) is 90.5 cm³/mol. The zero-order valence-corrected chi connectivity index (χ0v) is 13.8. The molecule has 1 aliphatic rings. The minimum Gasteiger partial charge on any atom is -0.481 e. The summed E-state index contributed by atoms with van der Waals surface area (Å²) in [6, 6.07) is 13.6. The Bertz CT molecular complexity index is 795. The number of nitrogens with zero attached hydrogens (tertiary/aromatic N) is 1. The first-order chi connectivity index (χ1) is 11.5. The number of halogens is 1. The SMILES string of the molecule is CC(C(=O)O)C1Sc2ccccc2N(Cc2ccccc2F)C1=O. The van der Waals surface area contributed by atoms with Gasteiger partial charge in [-0.05, 0) is 18.2 Å². The van der Waals surface area contributed by atoms with Crippen LogP contribution in [0.3, 0.4) is 0 Å². The number of para-hydroxylation sites is 1. The second kappa shape index (κ2) is 6.65. The molecule has 0 fully saturated rings. The van der Waals surface area contributed by atoms with Crippen LogP contribution in [0, 0.1) is 11.7 Å². The predicted octanol–water partition coefficient (Wildman–Crippen LogP) is 3.55. The number of carboxylic acids is 1. The molecular weight excluding hydrogens is 329 g/mol. The summed E-state index contributed by atoms with van der Waals surface area (Å²) in [4.78, 5) is 26.5. The van der Waals surface area contributed by atoms with Gasteiger partial charge in [0.15, 0.2) is 0 Å². The number of fused-ring (bicyclic) bond motifs is 1. The Morgan fingerprint density at radius 1 is 1.25 bits per heavy atom. The smallest absolute Gasteiger partial charge is 0.307 e. The van der Waals surface area contributed by atoms with Crippen molar-refractivity contribution in [3.05, 3.63) is 59.9 Å². The highest BCUT2D eigenvalue weighted by Crippen LogP contribution is 2.42. The van der Waals surface area contributed by atoms with Crippen LogP contribution < -0.4 is 4.90 Å². The molecule has 0 radical (unpaired) electrons. The van der Waals surface area contributed by atoms with Crippen LogP contribution in [0.25, 0.3) is 0 Å². The van der Waals surface area contributed by atoms with E-state index in [-0.39, 0.29) is 18.3 Å². The maximum atomic E-state index is 14.0. The molecular formula is C18H16FNO3S. The van der Waals surface area contributed by atoms with Gasteiger partial charge in [-0.2, -0.15) is 0 Å². The van der Waals surface area contributed by atoms with Crippen LogP contribution in [-0.4, -0.2) is 22.2 Å². The monoisotopic (exact) mass is 345 g/mol. The van der Waals surface area contributed by atoms with Crippen LogP contribution in [-0.2, 0) is 16.1 Å². The number of carboxylic acid groups (broad SMARTS) is 1. The molecule has 6 heteroatoms. The molecule has 1 heterocycles. The van der Waals surface area contributed by atoms with Crippen molar-refractivity contribution in [3.8, 4) is 0 Å². The first kappa shape index (κ1) is 16.5. The van der Waals surface area contributed by atoms with E-state index in [1.165, 1.54) is 29.7 Å². The average Bonchev–Trinajstić information content (AvgIpc) is 2.58. The molecule has 2 atom stereocenters. The highest BCUT2D eigenvalue weighted by molar-refractivity contribution is 8.01. The number of carbonyl (C=O) groups is 2. The fraction of sp³-hybridized carbons (Fsp3) is 0.222. The Hall–Kier alpha value is -2.34. The van der Waals surface area contributed by atoms with Crippen molar-refractivity contribution < 1.29 is 19.1 Å². The van der Waals surface area contributed by atoms with Gasteiger partial charge in [-0.15, -0.1) is 11.8 Å². The van der Waals surface area contributed by atoms with Gasteiger partial charge >= 0.3 is 5.97 Å². The van der Waals surface area contributed by atoms with Gasteiger partial charge in [0.25, 0.3) is 0 Å². The van der Waals surface area contributed by atoms with Crippen molar-refractivity contribution in [1.29, 1.82) is 0 Å². The number of benzene rings is 2. The van der Waals surface area contributed by atoms with E-state index in [1.807, 2.05) is 18.2 Å². The highest BCUT2D eigenvalue weighted by Gasteiger charge is 2.39. The van der Waals surface area contributed by atoms with E-state index in [9.17, 15) is 19.1 Å². The van der Waals surface area contributed by atoms with E-state index < -0.39 is 17.1 Å². The third-order valence-electron chi connectivity index (χ3n) is 4.05. The molecule has 0 aromatic heterocycles. The Balaban J connectivity index is 2.01. The van der Waals surface area contributed by atoms with Crippen LogP contribution in [0.5, 0.6) is 0 Å². The second-order valence-electron chi connectivity index (χ2n) is 5.65. The molecule has 24 heavy (non-hydrogen) atoms. The lowest BCUT2D eigenvalue weighted by Crippen LogP contribution is -2.45. The van der Waals surface area contributed by atoms with E-state index in [4.69, 9.17) is 0 Å². The van der Waals surface area contributed by atoms with E-state index in [1.54, 1.807) is 24.3 Å². The lowest BCUT2D eigenvalue weighted by atomic mass is 10.1. The van der Waals surface area contributed by atoms with Crippen molar-refractivity contribution in [3.63, 3.8) is 0 Å². The van der Waals surface area contributed by atoms with E-state index in [2.05, 4.69) is 0 Å². The first-order valence-corrected chi connectivity index (χ1v) is 8.40. The van der Waals surface area contributed by atoms with Gasteiger partial charge in [-0.1, -0.05) is 37.3 Å². The Morgan fingerprint density at radius 3 is 2.62 bits per heavy atom. The number of thioether (sulfide) groups is 1. The molecule has 2 aromatic carbocycles. The van der Waals surface area contributed by atoms with Crippen molar-refractivity contribution in [2.24, 2.45) is 5.92 Å². The Kier molecular flexibility index (Phi) is 4.57. The first-order valence-electron chi connectivity index (χ1n) is 7.52. The van der Waals surface area contributed by atoms with Crippen molar-refractivity contribution >= 4 is 29.3 Å². The zero-order chi connectivity index (χ0) is 17.3. The van der Waals surface area contributed by atoms with Crippen LogP contribution in [0.1, 0.15) is 12.5 Å². The maximum absolute atomic E-state index is 14.0. The van der Waals surface area contributed by atoms with E-state index >= 15 is 0 Å². The molecule has 2 aromatic rings. The summed E-state index contributed by atoms with van der Waals surface area (Å²) in [6.45, 7) is 1.60. The summed E-state index contributed by atoms with van der Waals surface area (Å²) in [5, 5.41) is 8.54. The summed E-state index contributed by atoms with van der Waals surface area (Å²) in [6.07, 6.45) is 0. The van der Waals surface area contributed by atoms with Gasteiger partial charge in [0.2, 0.25) is 5.91 Å². The van der Waals surface area contributed by atoms with E-state index in [0.29, 0.717) is 11.3 Å². The van der Waals surface area contributed by atoms with E-state index in [0.717, 1.165) is 4.90 Å². The molecule has 1 amide bonds. The molecule has 124 valence electrons. The molecule has 0 saturated heterocycles. The molecule has 1 aliphatic heterocycles. The van der Waals surface area contributed by atoms with Crippen LogP contribution in [0.2, 0.25) is 0 Å². The number of aliphatic carboxylic acids is 1. The number of hydrogen-bond donors (Lipinski definition) is 1. The molecule has 4 nitrogen and oxygen atoms in total. The molecule has 0 bridgehead atoms. The third-order valence-corrected chi connectivity index (χ3v) is 5.51. The minimum atomic E-state index is -1.02. The van der Waals surface area contributed by atoms with Gasteiger partial charge in [-0.3, -0.25) is 9.59 Å². The van der Waals surface area contributed by atoms with Gasteiger partial charge in [0, 0.05) is 10.5 Å². The lowest BCUT2D eigenvalue weighted by Gasteiger charge is -2.35. The number of anilines is 1. The molecule has 0 aliphatic carbocycles. The van der Waals surface area contributed by atoms with Crippen LogP contribution >= 0.6 is 11.8 Å². The maximum Gasteiger partial charge on any atom is 0.307 e. The summed E-state index contributed by atoms with van der Waals surface area (Å²) < 4.78 is 14.0. The fourth-order valence-corrected chi connectivity index (χ4v) is 3.92. The number of amides is 1. The number of rotatable bonds is 4. The second-order valence-corrected chi connectivity index (χ2v) is 6.83. The highest BCUT2D eigenvalue weighted by atomic mass is 32.2. The van der Waals surface area contributed by atoms with Crippen molar-refractivity contribution in [2.75, 3.05) is 4.90 Å². The van der Waals surface area contributed by atoms with Gasteiger partial charge in [0.1, 0.15) is 11.1 Å². The molecule has 0 saturated carbocycles.